The highest BCUT2D eigenvalue weighted by atomic mass is 32.2. The summed E-state index contributed by atoms with van der Waals surface area (Å²) >= 11 is 1.46. The Morgan fingerprint density at radius 3 is 2.26 bits per heavy atom. The molecule has 34 heavy (non-hydrogen) atoms. The molecule has 176 valence electrons. The Balaban J connectivity index is 1.38. The van der Waals surface area contributed by atoms with Gasteiger partial charge in [0.2, 0.25) is 0 Å². The number of aryl methyl sites for hydroxylation is 1. The molecule has 0 amide bonds. The Bertz CT molecular complexity index is 1180. The first-order chi connectivity index (χ1) is 16.5. The molecule has 0 bridgehead atoms. The van der Waals surface area contributed by atoms with Gasteiger partial charge in [0.25, 0.3) is 0 Å². The number of aliphatic hydroxyl groups excluding tert-OH is 1. The van der Waals surface area contributed by atoms with Gasteiger partial charge in [-0.25, -0.2) is 0 Å². The molecule has 0 aliphatic heterocycles. The van der Waals surface area contributed by atoms with Crippen molar-refractivity contribution in [2.45, 2.75) is 24.3 Å². The lowest BCUT2D eigenvalue weighted by molar-refractivity contribution is 0.0155. The minimum atomic E-state index is -0.650. The maximum Gasteiger partial charge on any atom is 0.191 e. The van der Waals surface area contributed by atoms with Crippen LogP contribution in [-0.2, 0) is 11.8 Å². The zero-order chi connectivity index (χ0) is 23.9. The normalized spacial score (nSPS) is 12.9. The number of aromatic nitrogens is 3. The molecule has 0 aliphatic rings. The highest BCUT2D eigenvalue weighted by molar-refractivity contribution is 7.99. The van der Waals surface area contributed by atoms with E-state index in [0.717, 1.165) is 33.4 Å². The number of aliphatic hydroxyl groups is 1. The fourth-order valence-corrected chi connectivity index (χ4v) is 4.43. The number of rotatable bonds is 10. The van der Waals surface area contributed by atoms with Crippen molar-refractivity contribution in [1.29, 1.82) is 0 Å². The molecule has 7 heteroatoms. The van der Waals surface area contributed by atoms with E-state index < -0.39 is 6.10 Å². The average molecular weight is 476 g/mol. The molecule has 0 unspecified atom stereocenters. The van der Waals surface area contributed by atoms with Gasteiger partial charge in [-0.05, 0) is 42.3 Å². The van der Waals surface area contributed by atoms with Crippen molar-refractivity contribution in [3.05, 3.63) is 95.6 Å². The van der Waals surface area contributed by atoms with Crippen molar-refractivity contribution in [2.24, 2.45) is 7.05 Å². The van der Waals surface area contributed by atoms with Crippen molar-refractivity contribution < 1.29 is 14.6 Å². The fraction of sp³-hybridized carbons (Fsp3) is 0.259. The first-order valence-corrected chi connectivity index (χ1v) is 12.1. The van der Waals surface area contributed by atoms with Gasteiger partial charge in [0.15, 0.2) is 11.0 Å². The summed E-state index contributed by atoms with van der Waals surface area (Å²) in [5.41, 5.74) is 4.28. The topological polar surface area (TPSA) is 69.4 Å². The first kappa shape index (κ1) is 24.0. The van der Waals surface area contributed by atoms with E-state index in [4.69, 9.17) is 9.47 Å². The smallest absolute Gasteiger partial charge is 0.191 e. The summed E-state index contributed by atoms with van der Waals surface area (Å²) in [6.07, 6.45) is -0.888. The predicted octanol–water partition coefficient (Wildman–Crippen LogP) is 5.06. The number of hydrogen-bond acceptors (Lipinski definition) is 6. The van der Waals surface area contributed by atoms with Gasteiger partial charge in [0.1, 0.15) is 11.9 Å². The van der Waals surface area contributed by atoms with E-state index in [-0.39, 0.29) is 12.7 Å². The van der Waals surface area contributed by atoms with Gasteiger partial charge in [-0.1, -0.05) is 71.9 Å². The molecule has 0 radical (unpaired) electrons. The molecule has 1 heterocycles. The quantitative estimate of drug-likeness (QED) is 0.324. The van der Waals surface area contributed by atoms with Crippen LogP contribution < -0.4 is 4.74 Å². The number of benzene rings is 3. The maximum absolute atomic E-state index is 10.7. The molecule has 4 aromatic rings. The van der Waals surface area contributed by atoms with Gasteiger partial charge >= 0.3 is 0 Å². The van der Waals surface area contributed by atoms with Gasteiger partial charge in [0, 0.05) is 18.4 Å². The largest absolute Gasteiger partial charge is 0.497 e. The van der Waals surface area contributed by atoms with E-state index >= 15 is 0 Å². The van der Waals surface area contributed by atoms with E-state index in [1.54, 1.807) is 7.11 Å². The molecular formula is C27H29N3O3S. The first-order valence-electron chi connectivity index (χ1n) is 11.1. The van der Waals surface area contributed by atoms with Gasteiger partial charge in [-0.15, -0.1) is 10.2 Å². The second-order valence-corrected chi connectivity index (χ2v) is 9.08. The summed E-state index contributed by atoms with van der Waals surface area (Å²) in [6, 6.07) is 26.1. The third-order valence-electron chi connectivity index (χ3n) is 5.53. The summed E-state index contributed by atoms with van der Waals surface area (Å²) in [4.78, 5) is 0. The molecule has 0 saturated heterocycles. The number of hydrogen-bond donors (Lipinski definition) is 1. The molecule has 0 aliphatic carbocycles. The zero-order valence-electron chi connectivity index (χ0n) is 19.6. The van der Waals surface area contributed by atoms with Crippen molar-refractivity contribution >= 4 is 11.8 Å². The minimum absolute atomic E-state index is 0.212. The molecule has 2 atom stereocenters. The van der Waals surface area contributed by atoms with Crippen molar-refractivity contribution in [2.75, 3.05) is 19.5 Å². The molecule has 1 N–H and O–H groups in total. The Kier molecular flexibility index (Phi) is 8.00. The van der Waals surface area contributed by atoms with Crippen LogP contribution in [0, 0.1) is 6.92 Å². The predicted molar refractivity (Wildman–Crippen MR) is 135 cm³/mol. The number of thioether (sulfide) groups is 1. The molecule has 1 aromatic heterocycles. The summed E-state index contributed by atoms with van der Waals surface area (Å²) < 4.78 is 13.4. The van der Waals surface area contributed by atoms with Crippen LogP contribution in [0.25, 0.3) is 11.4 Å². The fourth-order valence-electron chi connectivity index (χ4n) is 3.61. The standard InChI is InChI=1S/C27H29N3O3S/c1-19-9-11-21(12-10-19)25(20-7-5-4-6-8-20)33-17-23(31)18-34-27-29-28-26(30(27)2)22-13-15-24(32-3)16-14-22/h4-16,23,25,31H,17-18H2,1-3H3/t23-,25-/m1/s1. The lowest BCUT2D eigenvalue weighted by atomic mass is 10.0. The van der Waals surface area contributed by atoms with Gasteiger partial charge in [-0.2, -0.15) is 0 Å². The second-order valence-electron chi connectivity index (χ2n) is 8.09. The monoisotopic (exact) mass is 475 g/mol. The Morgan fingerprint density at radius 1 is 0.912 bits per heavy atom. The van der Waals surface area contributed by atoms with Crippen LogP contribution in [0.5, 0.6) is 5.75 Å². The van der Waals surface area contributed by atoms with E-state index in [9.17, 15) is 5.11 Å². The van der Waals surface area contributed by atoms with Gasteiger partial charge < -0.3 is 19.1 Å². The summed E-state index contributed by atoms with van der Waals surface area (Å²) in [5.74, 6) is 2.01. The highest BCUT2D eigenvalue weighted by Crippen LogP contribution is 2.28. The maximum atomic E-state index is 10.7. The van der Waals surface area contributed by atoms with Crippen LogP contribution in [0.1, 0.15) is 22.8 Å². The molecular weight excluding hydrogens is 446 g/mol. The summed E-state index contributed by atoms with van der Waals surface area (Å²) in [7, 11) is 3.57. The third-order valence-corrected chi connectivity index (χ3v) is 6.69. The van der Waals surface area contributed by atoms with E-state index in [2.05, 4.69) is 41.4 Å². The Hall–Kier alpha value is -3.13. The van der Waals surface area contributed by atoms with Crippen molar-refractivity contribution in [3.63, 3.8) is 0 Å². The zero-order valence-corrected chi connectivity index (χ0v) is 20.4. The Labute approximate surface area is 204 Å². The third kappa shape index (κ3) is 5.86. The number of nitrogens with zero attached hydrogens (tertiary/aromatic N) is 3. The minimum Gasteiger partial charge on any atom is -0.497 e. The van der Waals surface area contributed by atoms with Gasteiger partial charge in [0.05, 0.1) is 19.8 Å². The average Bonchev–Trinajstić information content (AvgIpc) is 3.24. The van der Waals surface area contributed by atoms with Crippen LogP contribution in [0.4, 0.5) is 0 Å². The van der Waals surface area contributed by atoms with Crippen LogP contribution in [-0.4, -0.2) is 45.4 Å². The summed E-state index contributed by atoms with van der Waals surface area (Å²) in [5, 5.41) is 20.0. The summed E-state index contributed by atoms with van der Waals surface area (Å²) in [6.45, 7) is 2.28. The number of ether oxygens (including phenoxy) is 2. The molecule has 3 aromatic carbocycles. The molecule has 0 spiro atoms. The number of methoxy groups -OCH3 is 1. The molecule has 0 saturated carbocycles. The van der Waals surface area contributed by atoms with Crippen LogP contribution in [0.15, 0.2) is 84.0 Å². The van der Waals surface area contributed by atoms with Crippen LogP contribution in [0.2, 0.25) is 0 Å². The highest BCUT2D eigenvalue weighted by Gasteiger charge is 2.18. The lowest BCUT2D eigenvalue weighted by Gasteiger charge is -2.21. The van der Waals surface area contributed by atoms with E-state index in [1.165, 1.54) is 17.3 Å². The van der Waals surface area contributed by atoms with E-state index in [0.29, 0.717) is 5.75 Å². The molecule has 4 rings (SSSR count). The van der Waals surface area contributed by atoms with Crippen molar-refractivity contribution in [3.8, 4) is 17.1 Å². The van der Waals surface area contributed by atoms with E-state index in [1.807, 2.05) is 66.2 Å². The lowest BCUT2D eigenvalue weighted by Crippen LogP contribution is -2.21. The molecule has 6 nitrogen and oxygen atoms in total. The van der Waals surface area contributed by atoms with Crippen molar-refractivity contribution in [1.82, 2.24) is 14.8 Å². The SMILES string of the molecule is COc1ccc(-c2nnc(SC[C@H](O)CO[C@H](c3ccccc3)c3ccc(C)cc3)n2C)cc1. The second kappa shape index (κ2) is 11.3. The van der Waals surface area contributed by atoms with Gasteiger partial charge in [-0.3, -0.25) is 0 Å². The van der Waals surface area contributed by atoms with Crippen LogP contribution >= 0.6 is 11.8 Å². The Morgan fingerprint density at radius 2 is 1.59 bits per heavy atom. The molecule has 0 fully saturated rings. The van der Waals surface area contributed by atoms with Crippen LogP contribution in [0.3, 0.4) is 0 Å².